The molecule has 3 rings (SSSR count). The monoisotopic (exact) mass is 376 g/mol. The van der Waals surface area contributed by atoms with Crippen LogP contribution in [0.4, 0.5) is 18.9 Å². The summed E-state index contributed by atoms with van der Waals surface area (Å²) in [7, 11) is 0. The molecular weight excluding hydrogens is 357 g/mol. The molecule has 1 fully saturated rings. The molecule has 2 aromatic rings. The summed E-state index contributed by atoms with van der Waals surface area (Å²) < 4.78 is 39.8. The summed E-state index contributed by atoms with van der Waals surface area (Å²) in [4.78, 5) is 26.3. The number of carbonyl (C=O) groups is 2. The Morgan fingerprint density at radius 2 is 1.70 bits per heavy atom. The zero-order valence-corrected chi connectivity index (χ0v) is 14.6. The Bertz CT molecular complexity index is 849. The van der Waals surface area contributed by atoms with E-state index in [4.69, 9.17) is 0 Å². The zero-order valence-electron chi connectivity index (χ0n) is 14.6. The second-order valence-electron chi connectivity index (χ2n) is 6.58. The summed E-state index contributed by atoms with van der Waals surface area (Å²) in [6.07, 6.45) is 1.00. The fourth-order valence-electron chi connectivity index (χ4n) is 3.15. The number of rotatable bonds is 4. The smallest absolute Gasteiger partial charge is 0.227 e. The maximum atomic E-state index is 13.6. The van der Waals surface area contributed by atoms with E-state index >= 15 is 0 Å². The van der Waals surface area contributed by atoms with Crippen molar-refractivity contribution in [3.8, 4) is 0 Å². The molecule has 0 aromatic heterocycles. The summed E-state index contributed by atoms with van der Waals surface area (Å²) in [6.45, 7) is 0.802. The van der Waals surface area contributed by atoms with Crippen LogP contribution in [0.3, 0.4) is 0 Å². The van der Waals surface area contributed by atoms with E-state index in [2.05, 4.69) is 5.32 Å². The summed E-state index contributed by atoms with van der Waals surface area (Å²) in [6, 6.07) is 8.87. The zero-order chi connectivity index (χ0) is 19.4. The number of piperidine rings is 1. The van der Waals surface area contributed by atoms with Crippen LogP contribution in [-0.2, 0) is 16.0 Å². The van der Waals surface area contributed by atoms with Crippen LogP contribution in [0, 0.1) is 23.4 Å². The Kier molecular flexibility index (Phi) is 5.78. The Balaban J connectivity index is 1.52. The highest BCUT2D eigenvalue weighted by atomic mass is 19.1. The number of benzene rings is 2. The molecule has 1 N–H and O–H groups in total. The van der Waals surface area contributed by atoms with Crippen LogP contribution in [0.15, 0.2) is 42.5 Å². The third kappa shape index (κ3) is 4.87. The first-order valence-corrected chi connectivity index (χ1v) is 8.70. The summed E-state index contributed by atoms with van der Waals surface area (Å²) in [5.41, 5.74) is 0.540. The molecule has 1 aliphatic rings. The van der Waals surface area contributed by atoms with E-state index in [0.717, 1.165) is 6.07 Å². The van der Waals surface area contributed by atoms with E-state index < -0.39 is 11.6 Å². The number of amides is 2. The molecule has 142 valence electrons. The second-order valence-corrected chi connectivity index (χ2v) is 6.58. The van der Waals surface area contributed by atoms with Gasteiger partial charge in [0.25, 0.3) is 0 Å². The predicted octanol–water partition coefficient (Wildman–Crippen LogP) is 3.52. The van der Waals surface area contributed by atoms with Crippen molar-refractivity contribution in [3.05, 3.63) is 65.5 Å². The lowest BCUT2D eigenvalue weighted by molar-refractivity contribution is -0.133. The highest BCUT2D eigenvalue weighted by Gasteiger charge is 2.27. The quantitative estimate of drug-likeness (QED) is 0.888. The third-order valence-electron chi connectivity index (χ3n) is 4.65. The number of hydrogen-bond donors (Lipinski definition) is 1. The van der Waals surface area contributed by atoms with Gasteiger partial charge in [0.05, 0.1) is 12.1 Å². The lowest BCUT2D eigenvalue weighted by atomic mass is 9.95. The SMILES string of the molecule is O=C(Nc1ccc(F)cc1F)C1CCN(C(=O)Cc2cccc(F)c2)CC1. The van der Waals surface area contributed by atoms with Gasteiger partial charge >= 0.3 is 0 Å². The summed E-state index contributed by atoms with van der Waals surface area (Å²) >= 11 is 0. The maximum absolute atomic E-state index is 13.6. The van der Waals surface area contributed by atoms with Crippen LogP contribution in [0.5, 0.6) is 0 Å². The van der Waals surface area contributed by atoms with Crippen molar-refractivity contribution in [2.45, 2.75) is 19.3 Å². The number of anilines is 1. The maximum Gasteiger partial charge on any atom is 0.227 e. The minimum atomic E-state index is -0.828. The van der Waals surface area contributed by atoms with E-state index in [-0.39, 0.29) is 35.7 Å². The lowest BCUT2D eigenvalue weighted by Gasteiger charge is -2.31. The van der Waals surface area contributed by atoms with Gasteiger partial charge in [-0.15, -0.1) is 0 Å². The van der Waals surface area contributed by atoms with E-state index in [9.17, 15) is 22.8 Å². The molecule has 7 heteroatoms. The average molecular weight is 376 g/mol. The fraction of sp³-hybridized carbons (Fsp3) is 0.300. The van der Waals surface area contributed by atoms with Crippen LogP contribution in [0.25, 0.3) is 0 Å². The van der Waals surface area contributed by atoms with Crippen molar-refractivity contribution in [1.29, 1.82) is 0 Å². The molecule has 4 nitrogen and oxygen atoms in total. The van der Waals surface area contributed by atoms with Crippen molar-refractivity contribution < 1.29 is 22.8 Å². The molecule has 1 heterocycles. The van der Waals surface area contributed by atoms with Crippen molar-refractivity contribution >= 4 is 17.5 Å². The van der Waals surface area contributed by atoms with Crippen molar-refractivity contribution in [1.82, 2.24) is 4.90 Å². The average Bonchev–Trinajstić information content (AvgIpc) is 2.64. The minimum absolute atomic E-state index is 0.0639. The Morgan fingerprint density at radius 1 is 1.00 bits per heavy atom. The molecule has 1 saturated heterocycles. The molecule has 0 unspecified atom stereocenters. The van der Waals surface area contributed by atoms with Gasteiger partial charge in [0, 0.05) is 25.1 Å². The van der Waals surface area contributed by atoms with Crippen LogP contribution in [0.2, 0.25) is 0 Å². The lowest BCUT2D eigenvalue weighted by Crippen LogP contribution is -2.42. The Morgan fingerprint density at radius 3 is 2.37 bits per heavy atom. The molecule has 1 aliphatic heterocycles. The topological polar surface area (TPSA) is 49.4 Å². The van der Waals surface area contributed by atoms with Gasteiger partial charge in [-0.3, -0.25) is 9.59 Å². The standard InChI is InChI=1S/C20H19F3N2O2/c21-15-3-1-2-13(10-15)11-19(26)25-8-6-14(7-9-25)20(27)24-18-5-4-16(22)12-17(18)23/h1-5,10,12,14H,6-9,11H2,(H,24,27). The first-order valence-electron chi connectivity index (χ1n) is 8.70. The number of nitrogens with one attached hydrogen (secondary N) is 1. The molecule has 27 heavy (non-hydrogen) atoms. The second kappa shape index (κ2) is 8.24. The molecule has 2 aromatic carbocycles. The predicted molar refractivity (Wildman–Crippen MR) is 94.4 cm³/mol. The van der Waals surface area contributed by atoms with E-state index in [1.165, 1.54) is 18.2 Å². The van der Waals surface area contributed by atoms with Crippen LogP contribution < -0.4 is 5.32 Å². The van der Waals surface area contributed by atoms with Gasteiger partial charge in [0.15, 0.2) is 0 Å². The van der Waals surface area contributed by atoms with Crippen molar-refractivity contribution in [2.24, 2.45) is 5.92 Å². The largest absolute Gasteiger partial charge is 0.342 e. The van der Waals surface area contributed by atoms with Crippen LogP contribution in [-0.4, -0.2) is 29.8 Å². The van der Waals surface area contributed by atoms with Gasteiger partial charge in [-0.05, 0) is 42.7 Å². The van der Waals surface area contributed by atoms with E-state index in [1.807, 2.05) is 0 Å². The Hall–Kier alpha value is -2.83. The fourth-order valence-corrected chi connectivity index (χ4v) is 3.15. The van der Waals surface area contributed by atoms with Crippen LogP contribution in [0.1, 0.15) is 18.4 Å². The molecule has 0 radical (unpaired) electrons. The molecule has 2 amide bonds. The number of carbonyl (C=O) groups excluding carboxylic acids is 2. The first kappa shape index (κ1) is 18.9. The molecular formula is C20H19F3N2O2. The van der Waals surface area contributed by atoms with Gasteiger partial charge in [-0.25, -0.2) is 13.2 Å². The highest BCUT2D eigenvalue weighted by molar-refractivity contribution is 5.92. The van der Waals surface area contributed by atoms with Gasteiger partial charge in [-0.2, -0.15) is 0 Å². The Labute approximate surface area is 155 Å². The number of halogens is 3. The minimum Gasteiger partial charge on any atom is -0.342 e. The molecule has 0 saturated carbocycles. The van der Waals surface area contributed by atoms with Gasteiger partial charge < -0.3 is 10.2 Å². The van der Waals surface area contributed by atoms with Gasteiger partial charge in [-0.1, -0.05) is 12.1 Å². The number of hydrogen-bond acceptors (Lipinski definition) is 2. The van der Waals surface area contributed by atoms with Crippen LogP contribution >= 0.6 is 0 Å². The number of nitrogens with zero attached hydrogens (tertiary/aromatic N) is 1. The highest BCUT2D eigenvalue weighted by Crippen LogP contribution is 2.22. The summed E-state index contributed by atoms with van der Waals surface area (Å²) in [5.74, 6) is -2.75. The van der Waals surface area contributed by atoms with Crippen molar-refractivity contribution in [2.75, 3.05) is 18.4 Å². The molecule has 0 bridgehead atoms. The van der Waals surface area contributed by atoms with Gasteiger partial charge in [0.1, 0.15) is 17.5 Å². The van der Waals surface area contributed by atoms with E-state index in [1.54, 1.807) is 17.0 Å². The first-order chi connectivity index (χ1) is 12.9. The third-order valence-corrected chi connectivity index (χ3v) is 4.65. The van der Waals surface area contributed by atoms with Gasteiger partial charge in [0.2, 0.25) is 11.8 Å². The molecule has 0 spiro atoms. The summed E-state index contributed by atoms with van der Waals surface area (Å²) in [5, 5.41) is 2.47. The molecule has 0 aliphatic carbocycles. The number of likely N-dealkylation sites (tertiary alicyclic amines) is 1. The normalized spacial score (nSPS) is 14.9. The molecule has 0 atom stereocenters. The van der Waals surface area contributed by atoms with Crippen molar-refractivity contribution in [3.63, 3.8) is 0 Å². The van der Waals surface area contributed by atoms with E-state index in [0.29, 0.717) is 37.6 Å².